The van der Waals surface area contributed by atoms with E-state index >= 15 is 0 Å². The van der Waals surface area contributed by atoms with Gasteiger partial charge in [-0.15, -0.1) is 0 Å². The Morgan fingerprint density at radius 1 is 1.32 bits per heavy atom. The number of carbonyl (C=O) groups is 1. The molecule has 0 aromatic heterocycles. The van der Waals surface area contributed by atoms with E-state index < -0.39 is 0 Å². The average molecular weight is 303 g/mol. The quantitative estimate of drug-likeness (QED) is 0.902. The number of nitrogens with one attached hydrogen (secondary N) is 2. The van der Waals surface area contributed by atoms with E-state index in [1.165, 1.54) is 0 Å². The molecule has 0 radical (unpaired) electrons. The molecular weight excluding hydrogens is 287 g/mol. The molecule has 0 spiro atoms. The summed E-state index contributed by atoms with van der Waals surface area (Å²) in [5, 5.41) is 6.94. The second-order valence-corrected chi connectivity index (χ2v) is 5.42. The van der Waals surface area contributed by atoms with Gasteiger partial charge in [0.25, 0.3) is 0 Å². The number of rotatable bonds is 3. The second-order valence-electron chi connectivity index (χ2n) is 4.61. The van der Waals surface area contributed by atoms with Gasteiger partial charge in [-0.05, 0) is 31.7 Å². The zero-order valence-corrected chi connectivity index (χ0v) is 12.3. The van der Waals surface area contributed by atoms with Crippen molar-refractivity contribution in [2.45, 2.75) is 13.0 Å². The van der Waals surface area contributed by atoms with Crippen molar-refractivity contribution in [1.29, 1.82) is 0 Å². The van der Waals surface area contributed by atoms with Crippen LogP contribution in [0.3, 0.4) is 0 Å². The number of hydrogen-bond acceptors (Lipinski definition) is 3. The minimum absolute atomic E-state index is 0.0275. The van der Waals surface area contributed by atoms with E-state index in [0.717, 1.165) is 5.56 Å². The lowest BCUT2D eigenvalue weighted by atomic mass is 10.0. The number of anilines is 1. The molecule has 6 heteroatoms. The summed E-state index contributed by atoms with van der Waals surface area (Å²) in [4.78, 5) is 12.2. The molecule has 1 saturated heterocycles. The molecule has 2 N–H and O–H groups in total. The molecule has 1 heterocycles. The average Bonchev–Trinajstić information content (AvgIpc) is 2.84. The number of benzene rings is 1. The van der Waals surface area contributed by atoms with E-state index in [-0.39, 0.29) is 17.9 Å². The highest BCUT2D eigenvalue weighted by atomic mass is 35.5. The standard InChI is InChI=1S/C13H16Cl2N2O2/c1-7-3-10(15)11(4-9(7)14)17-13(18)8-5-19-6-12(8)16-2/h3-4,8,12,16H,5-6H2,1-2H3,(H,17,18). The van der Waals surface area contributed by atoms with Crippen LogP contribution in [0.5, 0.6) is 0 Å². The Bertz CT molecular complexity index is 494. The summed E-state index contributed by atoms with van der Waals surface area (Å²) in [5.41, 5.74) is 1.41. The summed E-state index contributed by atoms with van der Waals surface area (Å²) in [7, 11) is 1.81. The Hall–Kier alpha value is -0.810. The number of carbonyl (C=O) groups excluding carboxylic acids is 1. The predicted molar refractivity (Wildman–Crippen MR) is 77.0 cm³/mol. The summed E-state index contributed by atoms with van der Waals surface area (Å²) in [6.45, 7) is 2.81. The SMILES string of the molecule is CNC1COCC1C(=O)Nc1cc(Cl)c(C)cc1Cl. The largest absolute Gasteiger partial charge is 0.379 e. The molecule has 1 aliphatic heterocycles. The van der Waals surface area contributed by atoms with Crippen molar-refractivity contribution in [1.82, 2.24) is 5.32 Å². The van der Waals surface area contributed by atoms with Crippen molar-refractivity contribution in [3.8, 4) is 0 Å². The predicted octanol–water partition coefficient (Wildman–Crippen LogP) is 2.47. The number of amides is 1. The van der Waals surface area contributed by atoms with Crippen LogP contribution in [-0.2, 0) is 9.53 Å². The van der Waals surface area contributed by atoms with Gasteiger partial charge in [-0.25, -0.2) is 0 Å². The lowest BCUT2D eigenvalue weighted by Gasteiger charge is -2.17. The molecule has 19 heavy (non-hydrogen) atoms. The zero-order chi connectivity index (χ0) is 14.0. The molecule has 1 aliphatic rings. The van der Waals surface area contributed by atoms with Gasteiger partial charge in [0.15, 0.2) is 0 Å². The van der Waals surface area contributed by atoms with Gasteiger partial charge in [-0.2, -0.15) is 0 Å². The van der Waals surface area contributed by atoms with Crippen molar-refractivity contribution < 1.29 is 9.53 Å². The van der Waals surface area contributed by atoms with Crippen LogP contribution in [0.2, 0.25) is 10.0 Å². The van der Waals surface area contributed by atoms with Gasteiger partial charge in [-0.1, -0.05) is 23.2 Å². The lowest BCUT2D eigenvalue weighted by molar-refractivity contribution is -0.120. The monoisotopic (exact) mass is 302 g/mol. The first-order chi connectivity index (χ1) is 9.02. The molecule has 0 aliphatic carbocycles. The number of ether oxygens (including phenoxy) is 1. The molecule has 0 saturated carbocycles. The van der Waals surface area contributed by atoms with Crippen LogP contribution in [0.25, 0.3) is 0 Å². The molecule has 2 rings (SSSR count). The van der Waals surface area contributed by atoms with Gasteiger partial charge < -0.3 is 15.4 Å². The van der Waals surface area contributed by atoms with Crippen molar-refractivity contribution in [2.75, 3.05) is 25.6 Å². The van der Waals surface area contributed by atoms with E-state index in [0.29, 0.717) is 28.9 Å². The van der Waals surface area contributed by atoms with Gasteiger partial charge in [0.2, 0.25) is 5.91 Å². The topological polar surface area (TPSA) is 50.4 Å². The molecule has 1 aromatic carbocycles. The minimum atomic E-state index is -0.221. The normalized spacial score (nSPS) is 22.5. The highest BCUT2D eigenvalue weighted by Crippen LogP contribution is 2.29. The molecular formula is C13H16Cl2N2O2. The fraction of sp³-hybridized carbons (Fsp3) is 0.462. The number of likely N-dealkylation sites (N-methyl/N-ethyl adjacent to an activating group) is 1. The maximum absolute atomic E-state index is 12.2. The van der Waals surface area contributed by atoms with E-state index in [4.69, 9.17) is 27.9 Å². The maximum Gasteiger partial charge on any atom is 0.231 e. The Kier molecular flexibility index (Phi) is 4.68. The Morgan fingerprint density at radius 2 is 2.05 bits per heavy atom. The third kappa shape index (κ3) is 3.20. The van der Waals surface area contributed by atoms with Gasteiger partial charge >= 0.3 is 0 Å². The van der Waals surface area contributed by atoms with Crippen LogP contribution < -0.4 is 10.6 Å². The van der Waals surface area contributed by atoms with Crippen LogP contribution in [0, 0.1) is 12.8 Å². The van der Waals surface area contributed by atoms with Crippen LogP contribution in [0.4, 0.5) is 5.69 Å². The van der Waals surface area contributed by atoms with E-state index in [2.05, 4.69) is 10.6 Å². The molecule has 2 atom stereocenters. The van der Waals surface area contributed by atoms with Gasteiger partial charge in [0.1, 0.15) is 0 Å². The zero-order valence-electron chi connectivity index (χ0n) is 10.8. The lowest BCUT2D eigenvalue weighted by Crippen LogP contribution is -2.39. The number of hydrogen-bond donors (Lipinski definition) is 2. The van der Waals surface area contributed by atoms with Crippen molar-refractivity contribution in [3.05, 3.63) is 27.7 Å². The molecule has 1 fully saturated rings. The van der Waals surface area contributed by atoms with Crippen molar-refractivity contribution in [2.24, 2.45) is 5.92 Å². The molecule has 4 nitrogen and oxygen atoms in total. The van der Waals surface area contributed by atoms with E-state index in [1.54, 1.807) is 12.1 Å². The smallest absolute Gasteiger partial charge is 0.231 e. The Labute approximate surface area is 122 Å². The fourth-order valence-electron chi connectivity index (χ4n) is 2.06. The third-order valence-corrected chi connectivity index (χ3v) is 4.01. The van der Waals surface area contributed by atoms with E-state index in [1.807, 2.05) is 14.0 Å². The van der Waals surface area contributed by atoms with Gasteiger partial charge in [0.05, 0.1) is 29.8 Å². The first kappa shape index (κ1) is 14.6. The van der Waals surface area contributed by atoms with E-state index in [9.17, 15) is 4.79 Å². The highest BCUT2D eigenvalue weighted by molar-refractivity contribution is 6.36. The summed E-state index contributed by atoms with van der Waals surface area (Å²) in [6, 6.07) is 3.43. The summed E-state index contributed by atoms with van der Waals surface area (Å²) >= 11 is 12.1. The van der Waals surface area contributed by atoms with Crippen molar-refractivity contribution >= 4 is 34.8 Å². The molecule has 104 valence electrons. The number of halogens is 2. The van der Waals surface area contributed by atoms with Crippen molar-refractivity contribution in [3.63, 3.8) is 0 Å². The summed E-state index contributed by atoms with van der Waals surface area (Å²) in [5.74, 6) is -0.334. The summed E-state index contributed by atoms with van der Waals surface area (Å²) < 4.78 is 5.31. The Balaban J connectivity index is 2.13. The Morgan fingerprint density at radius 3 is 2.74 bits per heavy atom. The van der Waals surface area contributed by atoms with Gasteiger partial charge in [-0.3, -0.25) is 4.79 Å². The molecule has 1 amide bonds. The number of aryl methyl sites for hydroxylation is 1. The van der Waals surface area contributed by atoms with Crippen LogP contribution in [0.1, 0.15) is 5.56 Å². The first-order valence-electron chi connectivity index (χ1n) is 6.04. The fourth-order valence-corrected chi connectivity index (χ4v) is 2.49. The summed E-state index contributed by atoms with van der Waals surface area (Å²) in [6.07, 6.45) is 0. The third-order valence-electron chi connectivity index (χ3n) is 3.29. The van der Waals surface area contributed by atoms with Gasteiger partial charge in [0, 0.05) is 11.1 Å². The molecule has 1 aromatic rings. The van der Waals surface area contributed by atoms with Crippen LogP contribution in [0.15, 0.2) is 12.1 Å². The first-order valence-corrected chi connectivity index (χ1v) is 6.80. The second kappa shape index (κ2) is 6.09. The van der Waals surface area contributed by atoms with Crippen LogP contribution in [-0.4, -0.2) is 32.2 Å². The molecule has 0 bridgehead atoms. The van der Waals surface area contributed by atoms with Crippen LogP contribution >= 0.6 is 23.2 Å². The maximum atomic E-state index is 12.2. The molecule has 2 unspecified atom stereocenters. The minimum Gasteiger partial charge on any atom is -0.379 e. The highest BCUT2D eigenvalue weighted by Gasteiger charge is 2.33.